The second-order valence-corrected chi connectivity index (χ2v) is 3.85. The molecule has 0 unspecified atom stereocenters. The van der Waals surface area contributed by atoms with Gasteiger partial charge in [-0.25, -0.2) is 5.10 Å². The van der Waals surface area contributed by atoms with E-state index in [0.29, 0.717) is 6.42 Å². The van der Waals surface area contributed by atoms with Crippen LogP contribution in [0.25, 0.3) is 0 Å². The molecular weight excluding hydrogens is 248 g/mol. The van der Waals surface area contributed by atoms with Crippen LogP contribution in [0.2, 0.25) is 0 Å². The van der Waals surface area contributed by atoms with Crippen molar-refractivity contribution >= 4 is 11.9 Å². The molecule has 0 saturated carbocycles. The van der Waals surface area contributed by atoms with Gasteiger partial charge in [0.05, 0.1) is 7.11 Å². The molecule has 0 aliphatic rings. The Labute approximate surface area is 109 Å². The number of carbonyl (C=O) groups is 1. The molecule has 1 aromatic carbocycles. The summed E-state index contributed by atoms with van der Waals surface area (Å²) in [6.07, 6.45) is 0.685. The number of phenolic OH excluding ortho intramolecular Hbond substituents is 1. The third-order valence-electron chi connectivity index (χ3n) is 2.52. The van der Waals surface area contributed by atoms with Gasteiger partial charge < -0.3 is 9.84 Å². The van der Waals surface area contributed by atoms with Crippen molar-refractivity contribution in [1.82, 2.24) is 15.2 Å². The lowest BCUT2D eigenvalue weighted by Crippen LogP contribution is -2.13. The summed E-state index contributed by atoms with van der Waals surface area (Å²) in [5.74, 6) is 0.206. The van der Waals surface area contributed by atoms with Gasteiger partial charge in [0.25, 0.3) is 0 Å². The van der Waals surface area contributed by atoms with Gasteiger partial charge in [0.15, 0.2) is 0 Å². The molecule has 7 nitrogen and oxygen atoms in total. The van der Waals surface area contributed by atoms with Crippen LogP contribution < -0.4 is 10.1 Å². The lowest BCUT2D eigenvalue weighted by molar-refractivity contribution is -0.116. The number of aryl methyl sites for hydroxylation is 1. The van der Waals surface area contributed by atoms with Crippen LogP contribution in [0.5, 0.6) is 11.8 Å². The molecule has 0 spiro atoms. The SMILES string of the molecule is COc1n[nH]c(NC(=O)CCc2ccccc2O)n1. The van der Waals surface area contributed by atoms with Crippen molar-refractivity contribution in [3.8, 4) is 11.8 Å². The molecule has 0 fully saturated rings. The maximum Gasteiger partial charge on any atom is 0.336 e. The Morgan fingerprint density at radius 1 is 1.47 bits per heavy atom. The zero-order valence-corrected chi connectivity index (χ0v) is 10.4. The molecule has 100 valence electrons. The van der Waals surface area contributed by atoms with Crippen LogP contribution in [0.4, 0.5) is 5.95 Å². The van der Waals surface area contributed by atoms with Crippen molar-refractivity contribution in [1.29, 1.82) is 0 Å². The molecule has 0 bridgehead atoms. The van der Waals surface area contributed by atoms with E-state index >= 15 is 0 Å². The Balaban J connectivity index is 1.86. The average molecular weight is 262 g/mol. The van der Waals surface area contributed by atoms with Gasteiger partial charge in [0.2, 0.25) is 11.9 Å². The molecule has 7 heteroatoms. The standard InChI is InChI=1S/C12H14N4O3/c1-19-12-14-11(15-16-12)13-10(18)7-6-8-4-2-3-5-9(8)17/h2-5,17H,6-7H2,1H3,(H2,13,14,15,16,18). The van der Waals surface area contributed by atoms with E-state index in [1.54, 1.807) is 18.2 Å². The normalized spacial score (nSPS) is 10.2. The van der Waals surface area contributed by atoms with E-state index in [2.05, 4.69) is 20.5 Å². The van der Waals surface area contributed by atoms with E-state index in [-0.39, 0.29) is 30.0 Å². The Kier molecular flexibility index (Phi) is 3.97. The summed E-state index contributed by atoms with van der Waals surface area (Å²) in [5.41, 5.74) is 0.729. The number of nitrogens with one attached hydrogen (secondary N) is 2. The highest BCUT2D eigenvalue weighted by molar-refractivity contribution is 5.89. The number of para-hydroxylation sites is 1. The molecular formula is C12H14N4O3. The van der Waals surface area contributed by atoms with Gasteiger partial charge in [-0.05, 0) is 18.1 Å². The summed E-state index contributed by atoms with van der Waals surface area (Å²) >= 11 is 0. The van der Waals surface area contributed by atoms with E-state index in [1.807, 2.05) is 6.07 Å². The van der Waals surface area contributed by atoms with E-state index < -0.39 is 0 Å². The highest BCUT2D eigenvalue weighted by atomic mass is 16.5. The van der Waals surface area contributed by atoms with Gasteiger partial charge in [-0.15, -0.1) is 5.10 Å². The summed E-state index contributed by atoms with van der Waals surface area (Å²) in [6.45, 7) is 0. The topological polar surface area (TPSA) is 100 Å². The van der Waals surface area contributed by atoms with Crippen LogP contribution in [-0.4, -0.2) is 33.3 Å². The summed E-state index contributed by atoms with van der Waals surface area (Å²) in [6, 6.07) is 7.08. The minimum atomic E-state index is -0.220. The molecule has 3 N–H and O–H groups in total. The number of amides is 1. The monoisotopic (exact) mass is 262 g/mol. The lowest BCUT2D eigenvalue weighted by atomic mass is 10.1. The molecule has 1 amide bonds. The minimum absolute atomic E-state index is 0.163. The smallest absolute Gasteiger partial charge is 0.336 e. The Morgan fingerprint density at radius 3 is 2.95 bits per heavy atom. The summed E-state index contributed by atoms with van der Waals surface area (Å²) in [5, 5.41) is 18.4. The number of hydrogen-bond donors (Lipinski definition) is 3. The molecule has 1 aromatic heterocycles. The summed E-state index contributed by atoms with van der Waals surface area (Å²) < 4.78 is 4.78. The van der Waals surface area contributed by atoms with Crippen LogP contribution in [-0.2, 0) is 11.2 Å². The third-order valence-corrected chi connectivity index (χ3v) is 2.52. The number of ether oxygens (including phenoxy) is 1. The van der Waals surface area contributed by atoms with Crippen LogP contribution in [0.1, 0.15) is 12.0 Å². The molecule has 0 radical (unpaired) electrons. The predicted octanol–water partition coefficient (Wildman–Crippen LogP) is 1.09. The van der Waals surface area contributed by atoms with Gasteiger partial charge in [-0.2, -0.15) is 4.98 Å². The van der Waals surface area contributed by atoms with E-state index in [1.165, 1.54) is 7.11 Å². The second kappa shape index (κ2) is 5.85. The second-order valence-electron chi connectivity index (χ2n) is 3.85. The Hall–Kier alpha value is -2.57. The van der Waals surface area contributed by atoms with Crippen molar-refractivity contribution < 1.29 is 14.6 Å². The number of hydrogen-bond acceptors (Lipinski definition) is 5. The molecule has 2 rings (SSSR count). The molecule has 19 heavy (non-hydrogen) atoms. The maximum absolute atomic E-state index is 11.7. The van der Waals surface area contributed by atoms with Gasteiger partial charge >= 0.3 is 6.01 Å². The van der Waals surface area contributed by atoms with E-state index in [4.69, 9.17) is 4.74 Å². The van der Waals surface area contributed by atoms with Gasteiger partial charge in [-0.1, -0.05) is 18.2 Å². The molecule has 0 saturated heterocycles. The predicted molar refractivity (Wildman–Crippen MR) is 68.0 cm³/mol. The minimum Gasteiger partial charge on any atom is -0.508 e. The number of benzene rings is 1. The van der Waals surface area contributed by atoms with Crippen molar-refractivity contribution in [2.24, 2.45) is 0 Å². The van der Waals surface area contributed by atoms with Crippen molar-refractivity contribution in [2.45, 2.75) is 12.8 Å². The number of aromatic nitrogens is 3. The molecule has 0 aliphatic heterocycles. The fraction of sp³-hybridized carbons (Fsp3) is 0.250. The van der Waals surface area contributed by atoms with Gasteiger partial charge in [0.1, 0.15) is 5.75 Å². The average Bonchev–Trinajstić information content (AvgIpc) is 2.85. The number of H-pyrrole nitrogens is 1. The van der Waals surface area contributed by atoms with E-state index in [0.717, 1.165) is 5.56 Å². The van der Waals surface area contributed by atoms with Crippen molar-refractivity contribution in [2.75, 3.05) is 12.4 Å². The number of phenols is 1. The molecule has 0 atom stereocenters. The van der Waals surface area contributed by atoms with Crippen LogP contribution in [0, 0.1) is 0 Å². The Morgan fingerprint density at radius 2 is 2.26 bits per heavy atom. The number of methoxy groups -OCH3 is 1. The largest absolute Gasteiger partial charge is 0.508 e. The first kappa shape index (κ1) is 12.9. The highest BCUT2D eigenvalue weighted by Gasteiger charge is 2.08. The van der Waals surface area contributed by atoms with Crippen molar-refractivity contribution in [3.63, 3.8) is 0 Å². The molecule has 2 aromatic rings. The third kappa shape index (κ3) is 3.44. The first-order valence-corrected chi connectivity index (χ1v) is 5.72. The fourth-order valence-electron chi connectivity index (χ4n) is 1.56. The number of rotatable bonds is 5. The van der Waals surface area contributed by atoms with Crippen LogP contribution in [0.3, 0.4) is 0 Å². The van der Waals surface area contributed by atoms with Crippen LogP contribution in [0.15, 0.2) is 24.3 Å². The zero-order chi connectivity index (χ0) is 13.7. The lowest BCUT2D eigenvalue weighted by Gasteiger charge is -2.03. The van der Waals surface area contributed by atoms with Gasteiger partial charge in [-0.3, -0.25) is 10.1 Å². The van der Waals surface area contributed by atoms with Gasteiger partial charge in [0, 0.05) is 6.42 Å². The Bertz CT molecular complexity index is 568. The summed E-state index contributed by atoms with van der Waals surface area (Å²) in [7, 11) is 1.44. The number of aromatic amines is 1. The highest BCUT2D eigenvalue weighted by Crippen LogP contribution is 2.17. The molecule has 0 aliphatic carbocycles. The molecule has 1 heterocycles. The number of nitrogens with zero attached hydrogens (tertiary/aromatic N) is 2. The quantitative estimate of drug-likeness (QED) is 0.749. The number of carbonyl (C=O) groups excluding carboxylic acids is 1. The summed E-state index contributed by atoms with van der Waals surface area (Å²) in [4.78, 5) is 15.5. The zero-order valence-electron chi connectivity index (χ0n) is 10.4. The first-order valence-electron chi connectivity index (χ1n) is 5.72. The number of anilines is 1. The fourth-order valence-corrected chi connectivity index (χ4v) is 1.56. The van der Waals surface area contributed by atoms with E-state index in [9.17, 15) is 9.90 Å². The van der Waals surface area contributed by atoms with Crippen molar-refractivity contribution in [3.05, 3.63) is 29.8 Å². The first-order chi connectivity index (χ1) is 9.19. The number of aromatic hydroxyl groups is 1. The maximum atomic E-state index is 11.7. The van der Waals surface area contributed by atoms with Crippen LogP contribution >= 0.6 is 0 Å².